The van der Waals surface area contributed by atoms with Crippen LogP contribution in [0, 0.1) is 17.8 Å². The number of phenolic OH excluding ortho intramolecular Hbond substituents is 1. The number of para-hydroxylation sites is 1. The molecule has 0 unspecified atom stereocenters. The number of benzene rings is 2. The largest absolute Gasteiger partial charge is 0.507 e. The van der Waals surface area contributed by atoms with E-state index in [1.165, 1.54) is 17.4 Å². The number of thiazole rings is 1. The zero-order valence-electron chi connectivity index (χ0n) is 23.1. The number of hydrogen-bond donors (Lipinski definition) is 1. The van der Waals surface area contributed by atoms with Crippen molar-refractivity contribution < 1.29 is 24.2 Å². The summed E-state index contributed by atoms with van der Waals surface area (Å²) in [4.78, 5) is 45.7. The van der Waals surface area contributed by atoms with E-state index in [-0.39, 0.29) is 23.6 Å². The summed E-state index contributed by atoms with van der Waals surface area (Å²) in [7, 11) is 0. The fourth-order valence-electron chi connectivity index (χ4n) is 4.25. The number of aromatic nitrogens is 1. The molecule has 0 spiro atoms. The fraction of sp³-hybridized carbons (Fsp3) is 0.448. The molecule has 1 N–H and O–H groups in total. The summed E-state index contributed by atoms with van der Waals surface area (Å²) in [6.45, 7) is 15.5. The van der Waals surface area contributed by atoms with Gasteiger partial charge in [0.05, 0.1) is 15.8 Å². The molecule has 0 aliphatic heterocycles. The molecular formula is C29H36N2O5S. The van der Waals surface area contributed by atoms with E-state index in [4.69, 9.17) is 4.74 Å². The number of fused-ring (bicyclic) bond motifs is 1. The lowest BCUT2D eigenvalue weighted by Crippen LogP contribution is -2.49. The van der Waals surface area contributed by atoms with Crippen molar-refractivity contribution in [3.05, 3.63) is 47.5 Å². The molecule has 0 saturated carbocycles. The minimum Gasteiger partial charge on any atom is -0.507 e. The summed E-state index contributed by atoms with van der Waals surface area (Å²) < 4.78 is 6.52. The summed E-state index contributed by atoms with van der Waals surface area (Å²) >= 11 is 1.44. The lowest BCUT2D eigenvalue weighted by molar-refractivity contribution is -0.135. The zero-order valence-corrected chi connectivity index (χ0v) is 23.9. The molecule has 0 radical (unpaired) electrons. The molecule has 7 nitrogen and oxygen atoms in total. The van der Waals surface area contributed by atoms with E-state index in [2.05, 4.69) is 4.98 Å². The Morgan fingerprint density at radius 2 is 1.62 bits per heavy atom. The first-order chi connectivity index (χ1) is 16.9. The van der Waals surface area contributed by atoms with Gasteiger partial charge in [-0.1, -0.05) is 46.8 Å². The minimum absolute atomic E-state index is 0.0906. The van der Waals surface area contributed by atoms with Gasteiger partial charge in [0.15, 0.2) is 0 Å². The third-order valence-electron chi connectivity index (χ3n) is 5.81. The number of Topliss-reactive ketones (excluding diaryl/α,β-unsaturated/α-hetero) is 1. The molecule has 0 atom stereocenters. The highest BCUT2D eigenvalue weighted by Gasteiger charge is 2.41. The van der Waals surface area contributed by atoms with Crippen LogP contribution in [0.2, 0.25) is 0 Å². The van der Waals surface area contributed by atoms with E-state index in [0.29, 0.717) is 16.1 Å². The number of rotatable bonds is 5. The second-order valence-corrected chi connectivity index (χ2v) is 13.0. The van der Waals surface area contributed by atoms with Gasteiger partial charge >= 0.3 is 6.09 Å². The van der Waals surface area contributed by atoms with E-state index in [1.807, 2.05) is 24.3 Å². The number of hydrogen-bond acceptors (Lipinski definition) is 7. The van der Waals surface area contributed by atoms with Crippen LogP contribution >= 0.6 is 11.3 Å². The lowest BCUT2D eigenvalue weighted by atomic mass is 9.74. The number of carbonyl (C=O) groups excluding carboxylic acids is 3. The molecule has 2 aromatic carbocycles. The Morgan fingerprint density at radius 3 is 2.19 bits per heavy atom. The molecule has 3 aromatic rings. The van der Waals surface area contributed by atoms with Crippen molar-refractivity contribution in [2.75, 3.05) is 6.54 Å². The highest BCUT2D eigenvalue weighted by molar-refractivity contribution is 7.21. The monoisotopic (exact) mass is 524 g/mol. The standard InChI is InChI=1S/C29H36N2O5S/c1-17-14-19(23-30-20-12-10-11-13-22(20)37-23)21(32)15-18(17)24(33)31(26(35)36-28(5,6)7)16-29(8,9)25(34)27(2,3)4/h10-15,32H,16H2,1-9H3. The van der Waals surface area contributed by atoms with Gasteiger partial charge in [0, 0.05) is 22.9 Å². The van der Waals surface area contributed by atoms with Crippen LogP contribution in [0.5, 0.6) is 5.75 Å². The van der Waals surface area contributed by atoms with Crippen molar-refractivity contribution in [1.29, 1.82) is 0 Å². The van der Waals surface area contributed by atoms with Crippen LogP contribution in [0.3, 0.4) is 0 Å². The highest BCUT2D eigenvalue weighted by Crippen LogP contribution is 2.38. The average molecular weight is 525 g/mol. The molecule has 0 aliphatic carbocycles. The van der Waals surface area contributed by atoms with Crippen molar-refractivity contribution in [3.63, 3.8) is 0 Å². The molecule has 198 valence electrons. The molecule has 37 heavy (non-hydrogen) atoms. The van der Waals surface area contributed by atoms with Crippen molar-refractivity contribution in [2.24, 2.45) is 10.8 Å². The van der Waals surface area contributed by atoms with Gasteiger partial charge in [-0.25, -0.2) is 14.7 Å². The first-order valence-electron chi connectivity index (χ1n) is 12.2. The van der Waals surface area contributed by atoms with Crippen molar-refractivity contribution >= 4 is 39.3 Å². The smallest absolute Gasteiger partial charge is 0.417 e. The molecule has 1 aromatic heterocycles. The summed E-state index contributed by atoms with van der Waals surface area (Å²) in [6, 6.07) is 10.7. The molecule has 0 saturated heterocycles. The van der Waals surface area contributed by atoms with E-state index < -0.39 is 28.4 Å². The Hall–Kier alpha value is -3.26. The maximum Gasteiger partial charge on any atom is 0.417 e. The van der Waals surface area contributed by atoms with Gasteiger partial charge in [-0.15, -0.1) is 11.3 Å². The number of nitrogens with zero attached hydrogens (tertiary/aromatic N) is 2. The number of carbonyl (C=O) groups is 3. The number of aryl methyl sites for hydroxylation is 1. The number of phenols is 1. The first-order valence-corrected chi connectivity index (χ1v) is 13.0. The SMILES string of the molecule is Cc1cc(-c2nc3ccccc3s2)c(O)cc1C(=O)N(CC(C)(C)C(=O)C(C)(C)C)C(=O)OC(C)(C)C. The maximum absolute atomic E-state index is 13.8. The Morgan fingerprint density at radius 1 is 1.00 bits per heavy atom. The van der Waals surface area contributed by atoms with Gasteiger partial charge in [-0.3, -0.25) is 9.59 Å². The van der Waals surface area contributed by atoms with Gasteiger partial charge < -0.3 is 9.84 Å². The Kier molecular flexibility index (Phi) is 7.57. The summed E-state index contributed by atoms with van der Waals surface area (Å²) in [5.74, 6) is -0.859. The van der Waals surface area contributed by atoms with Crippen LogP contribution in [0.1, 0.15) is 71.3 Å². The maximum atomic E-state index is 13.8. The highest BCUT2D eigenvalue weighted by atomic mass is 32.1. The molecule has 2 amide bonds. The zero-order chi connectivity index (χ0) is 27.9. The Labute approximate surface area is 222 Å². The van der Waals surface area contributed by atoms with E-state index in [1.54, 1.807) is 68.4 Å². The van der Waals surface area contributed by atoms with Crippen LogP contribution in [-0.4, -0.2) is 44.9 Å². The normalized spacial score (nSPS) is 12.5. The summed E-state index contributed by atoms with van der Waals surface area (Å²) in [6.07, 6.45) is -0.846. The number of imide groups is 1. The quantitative estimate of drug-likeness (QED) is 0.386. The van der Waals surface area contributed by atoms with E-state index >= 15 is 0 Å². The second kappa shape index (κ2) is 9.89. The van der Waals surface area contributed by atoms with Crippen LogP contribution in [-0.2, 0) is 9.53 Å². The number of amides is 2. The minimum atomic E-state index is -1.03. The molecule has 0 bridgehead atoms. The predicted octanol–water partition coefficient (Wildman–Crippen LogP) is 7.00. The Balaban J connectivity index is 2.03. The topological polar surface area (TPSA) is 96.8 Å². The number of ether oxygens (including phenoxy) is 1. The lowest BCUT2D eigenvalue weighted by Gasteiger charge is -2.35. The fourth-order valence-corrected chi connectivity index (χ4v) is 5.24. The van der Waals surface area contributed by atoms with Crippen molar-refractivity contribution in [1.82, 2.24) is 9.88 Å². The van der Waals surface area contributed by atoms with Crippen LogP contribution in [0.15, 0.2) is 36.4 Å². The molecular weight excluding hydrogens is 488 g/mol. The van der Waals surface area contributed by atoms with Gasteiger partial charge in [0.25, 0.3) is 5.91 Å². The van der Waals surface area contributed by atoms with Crippen LogP contribution < -0.4 is 0 Å². The molecule has 0 fully saturated rings. The average Bonchev–Trinajstić information content (AvgIpc) is 3.20. The molecule has 8 heteroatoms. The third kappa shape index (κ3) is 6.36. The number of aromatic hydroxyl groups is 1. The second-order valence-electron chi connectivity index (χ2n) is 12.0. The van der Waals surface area contributed by atoms with Gasteiger partial charge in [0.2, 0.25) is 0 Å². The summed E-state index contributed by atoms with van der Waals surface area (Å²) in [5, 5.41) is 11.5. The van der Waals surface area contributed by atoms with Gasteiger partial charge in [-0.2, -0.15) is 0 Å². The van der Waals surface area contributed by atoms with E-state index in [9.17, 15) is 19.5 Å². The first kappa shape index (κ1) is 28.3. The van der Waals surface area contributed by atoms with Crippen molar-refractivity contribution in [3.8, 4) is 16.3 Å². The van der Waals surface area contributed by atoms with Crippen molar-refractivity contribution in [2.45, 2.75) is 67.9 Å². The third-order valence-corrected chi connectivity index (χ3v) is 6.88. The van der Waals surface area contributed by atoms with Gasteiger partial charge in [-0.05, 0) is 57.5 Å². The molecule has 0 aliphatic rings. The Bertz CT molecular complexity index is 1330. The van der Waals surface area contributed by atoms with E-state index in [0.717, 1.165) is 15.1 Å². The van der Waals surface area contributed by atoms with Crippen LogP contribution in [0.25, 0.3) is 20.8 Å². The van der Waals surface area contributed by atoms with Crippen LogP contribution in [0.4, 0.5) is 4.79 Å². The molecule has 3 rings (SSSR count). The number of ketones is 1. The summed E-state index contributed by atoms with van der Waals surface area (Å²) in [5.41, 5.74) is -0.510. The predicted molar refractivity (Wildman–Crippen MR) is 147 cm³/mol. The van der Waals surface area contributed by atoms with Gasteiger partial charge in [0.1, 0.15) is 22.1 Å². The molecule has 1 heterocycles.